The predicted octanol–water partition coefficient (Wildman–Crippen LogP) is 6.91. The summed E-state index contributed by atoms with van der Waals surface area (Å²) >= 11 is 0. The molecule has 4 aromatic carbocycles. The summed E-state index contributed by atoms with van der Waals surface area (Å²) in [4.78, 5) is 24.8. The highest BCUT2D eigenvalue weighted by Crippen LogP contribution is 2.44. The van der Waals surface area contributed by atoms with E-state index in [4.69, 9.17) is 4.74 Å². The van der Waals surface area contributed by atoms with Gasteiger partial charge in [-0.1, -0.05) is 91.0 Å². The van der Waals surface area contributed by atoms with Crippen LogP contribution in [0.5, 0.6) is 0 Å². The molecule has 2 N–H and O–H groups in total. The number of amides is 1. The van der Waals surface area contributed by atoms with Crippen LogP contribution in [0.15, 0.2) is 97.1 Å². The maximum Gasteiger partial charge on any atom is 0.417 e. The molecule has 0 saturated heterocycles. The van der Waals surface area contributed by atoms with E-state index < -0.39 is 29.8 Å². The van der Waals surface area contributed by atoms with Gasteiger partial charge in [-0.05, 0) is 45.0 Å². The van der Waals surface area contributed by atoms with Gasteiger partial charge in [0, 0.05) is 12.3 Å². The Bertz CT molecular complexity index is 1490. The summed E-state index contributed by atoms with van der Waals surface area (Å²) in [5.41, 5.74) is 3.84. The van der Waals surface area contributed by atoms with E-state index in [1.165, 1.54) is 24.3 Å². The molecular weight excluding hydrogens is 507 g/mol. The number of benzene rings is 4. The fourth-order valence-electron chi connectivity index (χ4n) is 5.13. The first-order valence-corrected chi connectivity index (χ1v) is 12.3. The summed E-state index contributed by atoms with van der Waals surface area (Å²) < 4.78 is 46.5. The molecule has 5 nitrogen and oxygen atoms in total. The van der Waals surface area contributed by atoms with Gasteiger partial charge < -0.3 is 15.2 Å². The first-order chi connectivity index (χ1) is 18.7. The number of carboxylic acid groups (broad SMARTS) is 1. The number of hydrogen-bond acceptors (Lipinski definition) is 3. The molecule has 0 radical (unpaired) electrons. The van der Waals surface area contributed by atoms with Crippen molar-refractivity contribution < 1.29 is 32.6 Å². The van der Waals surface area contributed by atoms with Gasteiger partial charge in [0.05, 0.1) is 5.56 Å². The van der Waals surface area contributed by atoms with Crippen LogP contribution < -0.4 is 5.32 Å². The summed E-state index contributed by atoms with van der Waals surface area (Å²) in [7, 11) is 0. The molecule has 39 heavy (non-hydrogen) atoms. The lowest BCUT2D eigenvalue weighted by Crippen LogP contribution is -2.43. The monoisotopic (exact) mass is 531 g/mol. The molecule has 198 valence electrons. The molecule has 4 aromatic rings. The minimum Gasteiger partial charge on any atom is -0.480 e. The zero-order chi connectivity index (χ0) is 27.6. The van der Waals surface area contributed by atoms with E-state index in [1.54, 1.807) is 18.2 Å². The zero-order valence-corrected chi connectivity index (χ0v) is 20.6. The Hall–Kier alpha value is -4.59. The number of rotatable bonds is 7. The minimum atomic E-state index is -4.59. The third kappa shape index (κ3) is 5.36. The Morgan fingerprint density at radius 1 is 0.769 bits per heavy atom. The number of alkyl halides is 3. The first kappa shape index (κ1) is 26.0. The van der Waals surface area contributed by atoms with Crippen LogP contribution in [-0.4, -0.2) is 29.8 Å². The van der Waals surface area contributed by atoms with E-state index in [9.17, 15) is 27.9 Å². The smallest absolute Gasteiger partial charge is 0.417 e. The van der Waals surface area contributed by atoms with E-state index in [1.807, 2.05) is 48.5 Å². The van der Waals surface area contributed by atoms with Crippen molar-refractivity contribution in [2.45, 2.75) is 24.6 Å². The number of ether oxygens (including phenoxy) is 1. The van der Waals surface area contributed by atoms with Crippen LogP contribution in [0, 0.1) is 0 Å². The Balaban J connectivity index is 1.33. The summed E-state index contributed by atoms with van der Waals surface area (Å²) in [6.45, 7) is 0.00173. The van der Waals surface area contributed by atoms with Crippen LogP contribution in [0.25, 0.3) is 22.3 Å². The van der Waals surface area contributed by atoms with Crippen molar-refractivity contribution in [2.24, 2.45) is 0 Å². The molecule has 0 spiro atoms. The van der Waals surface area contributed by atoms with E-state index >= 15 is 0 Å². The number of hydrogen-bond donors (Lipinski definition) is 2. The predicted molar refractivity (Wildman–Crippen MR) is 140 cm³/mol. The number of aliphatic carboxylic acids is 1. The topological polar surface area (TPSA) is 75.6 Å². The number of carbonyl (C=O) groups is 2. The third-order valence-electron chi connectivity index (χ3n) is 6.90. The molecule has 0 aromatic heterocycles. The molecule has 1 amide bonds. The normalized spacial score (nSPS) is 13.3. The van der Waals surface area contributed by atoms with Crippen LogP contribution in [-0.2, 0) is 22.1 Å². The molecule has 1 aliphatic carbocycles. The van der Waals surface area contributed by atoms with Crippen molar-refractivity contribution in [2.75, 3.05) is 6.61 Å². The zero-order valence-electron chi connectivity index (χ0n) is 20.6. The van der Waals surface area contributed by atoms with Crippen LogP contribution >= 0.6 is 0 Å². The average molecular weight is 532 g/mol. The van der Waals surface area contributed by atoms with E-state index in [0.717, 1.165) is 28.3 Å². The maximum atomic E-state index is 13.7. The minimum absolute atomic E-state index is 0.00173. The van der Waals surface area contributed by atoms with E-state index in [2.05, 4.69) is 5.32 Å². The highest BCUT2D eigenvalue weighted by atomic mass is 19.4. The van der Waals surface area contributed by atoms with Gasteiger partial charge in [-0.3, -0.25) is 0 Å². The number of alkyl carbamates (subject to hydrolysis) is 1. The summed E-state index contributed by atoms with van der Waals surface area (Å²) in [6.07, 6.45) is -5.74. The molecular formula is C31H24F3NO4. The average Bonchev–Trinajstić information content (AvgIpc) is 3.25. The highest BCUT2D eigenvalue weighted by Gasteiger charge is 2.34. The second-order valence-corrected chi connectivity index (χ2v) is 9.27. The standard InChI is InChI=1S/C31H24F3NO4/c32-31(33,34)27-16-8-7-15-25(27)20-10-2-1-9-19(20)17-28(29(36)37)35-30(38)39-18-26-23-13-5-3-11-21(23)22-12-4-6-14-24(22)26/h1-16,26,28H,17-18H2,(H,35,38)(H,36,37). The van der Waals surface area contributed by atoms with Gasteiger partial charge in [-0.25, -0.2) is 9.59 Å². The van der Waals surface area contributed by atoms with Gasteiger partial charge in [-0.15, -0.1) is 0 Å². The number of nitrogens with one attached hydrogen (secondary N) is 1. The lowest BCUT2D eigenvalue weighted by molar-refractivity contribution is -0.139. The van der Waals surface area contributed by atoms with Gasteiger partial charge in [0.25, 0.3) is 0 Å². The van der Waals surface area contributed by atoms with Crippen LogP contribution in [0.1, 0.15) is 28.2 Å². The third-order valence-corrected chi connectivity index (χ3v) is 6.90. The van der Waals surface area contributed by atoms with Crippen molar-refractivity contribution in [3.8, 4) is 22.3 Å². The fraction of sp³-hybridized carbons (Fsp3) is 0.161. The van der Waals surface area contributed by atoms with E-state index in [-0.39, 0.29) is 30.1 Å². The molecule has 8 heteroatoms. The van der Waals surface area contributed by atoms with Crippen LogP contribution in [0.3, 0.4) is 0 Å². The molecule has 0 bridgehead atoms. The van der Waals surface area contributed by atoms with Gasteiger partial charge in [0.2, 0.25) is 0 Å². The number of halogens is 3. The molecule has 1 aliphatic rings. The highest BCUT2D eigenvalue weighted by molar-refractivity contribution is 5.82. The van der Waals surface area contributed by atoms with Gasteiger partial charge in [0.15, 0.2) is 0 Å². The van der Waals surface area contributed by atoms with Gasteiger partial charge in [-0.2, -0.15) is 13.2 Å². The molecule has 0 fully saturated rings. The first-order valence-electron chi connectivity index (χ1n) is 12.3. The van der Waals surface area contributed by atoms with Crippen molar-refractivity contribution in [1.29, 1.82) is 0 Å². The summed E-state index contributed by atoms with van der Waals surface area (Å²) in [5.74, 6) is -1.53. The molecule has 1 unspecified atom stereocenters. The second kappa shape index (κ2) is 10.6. The molecule has 5 rings (SSSR count). The number of carbonyl (C=O) groups excluding carboxylic acids is 1. The molecule has 0 aliphatic heterocycles. The SMILES string of the molecule is O=C(NC(Cc1ccccc1-c1ccccc1C(F)(F)F)C(=O)O)OCC1c2ccccc2-c2ccccc21. The van der Waals surface area contributed by atoms with Crippen molar-refractivity contribution >= 4 is 12.1 Å². The Labute approximate surface area is 222 Å². The summed E-state index contributed by atoms with van der Waals surface area (Å²) in [6, 6.07) is 25.6. The molecule has 1 atom stereocenters. The Morgan fingerprint density at radius 3 is 1.87 bits per heavy atom. The lowest BCUT2D eigenvalue weighted by Gasteiger charge is -2.20. The van der Waals surface area contributed by atoms with E-state index in [0.29, 0.717) is 5.56 Å². The largest absolute Gasteiger partial charge is 0.480 e. The second-order valence-electron chi connectivity index (χ2n) is 9.27. The van der Waals surface area contributed by atoms with Crippen molar-refractivity contribution in [3.63, 3.8) is 0 Å². The number of carboxylic acids is 1. The molecule has 0 heterocycles. The number of fused-ring (bicyclic) bond motifs is 3. The Kier molecular flexibility index (Phi) is 7.11. The van der Waals surface area contributed by atoms with Crippen LogP contribution in [0.4, 0.5) is 18.0 Å². The quantitative estimate of drug-likeness (QED) is 0.272. The van der Waals surface area contributed by atoms with Gasteiger partial charge >= 0.3 is 18.2 Å². The summed E-state index contributed by atoms with van der Waals surface area (Å²) in [5, 5.41) is 12.2. The Morgan fingerprint density at radius 2 is 1.28 bits per heavy atom. The maximum absolute atomic E-state index is 13.7. The lowest BCUT2D eigenvalue weighted by atomic mass is 9.92. The molecule has 0 saturated carbocycles. The van der Waals surface area contributed by atoms with Gasteiger partial charge in [0.1, 0.15) is 12.6 Å². The fourth-order valence-corrected chi connectivity index (χ4v) is 5.13. The van der Waals surface area contributed by atoms with Crippen molar-refractivity contribution in [3.05, 3.63) is 119 Å². The van der Waals surface area contributed by atoms with Crippen LogP contribution in [0.2, 0.25) is 0 Å². The van der Waals surface area contributed by atoms with Crippen molar-refractivity contribution in [1.82, 2.24) is 5.32 Å².